The van der Waals surface area contributed by atoms with Crippen LogP contribution in [0.15, 0.2) is 34.2 Å². The van der Waals surface area contributed by atoms with Crippen molar-refractivity contribution in [2.45, 2.75) is 13.3 Å². The van der Waals surface area contributed by atoms with Gasteiger partial charge in [0.15, 0.2) is 5.13 Å². The monoisotopic (exact) mass is 272 g/mol. The third kappa shape index (κ3) is 2.63. The van der Waals surface area contributed by atoms with Gasteiger partial charge in [0, 0.05) is 10.9 Å². The maximum absolute atomic E-state index is 5.58. The molecule has 1 aromatic carbocycles. The number of nitrogens with zero attached hydrogens (tertiary/aromatic N) is 3. The van der Waals surface area contributed by atoms with Crippen molar-refractivity contribution in [1.29, 1.82) is 0 Å². The number of aryl methyl sites for hydroxylation is 1. The summed E-state index contributed by atoms with van der Waals surface area (Å²) in [7, 11) is 0. The van der Waals surface area contributed by atoms with Crippen molar-refractivity contribution < 1.29 is 4.52 Å². The first-order chi connectivity index (χ1) is 9.20. The molecule has 96 valence electrons. The molecule has 0 aliphatic carbocycles. The lowest BCUT2D eigenvalue weighted by Crippen LogP contribution is -1.90. The van der Waals surface area contributed by atoms with E-state index in [4.69, 9.17) is 10.3 Å². The first kappa shape index (κ1) is 11.9. The number of benzene rings is 1. The van der Waals surface area contributed by atoms with Crippen molar-refractivity contribution in [1.82, 2.24) is 15.1 Å². The molecular weight excluding hydrogens is 260 g/mol. The molecule has 5 nitrogen and oxygen atoms in total. The topological polar surface area (TPSA) is 77.8 Å². The van der Waals surface area contributed by atoms with E-state index in [0.29, 0.717) is 23.3 Å². The molecule has 6 heteroatoms. The predicted molar refractivity (Wildman–Crippen MR) is 73.8 cm³/mol. The Morgan fingerprint density at radius 3 is 2.68 bits per heavy atom. The minimum Gasteiger partial charge on any atom is -0.375 e. The molecule has 0 saturated carbocycles. The summed E-state index contributed by atoms with van der Waals surface area (Å²) in [6, 6.07) is 7.99. The fourth-order valence-electron chi connectivity index (χ4n) is 1.71. The third-order valence-corrected chi connectivity index (χ3v) is 3.40. The summed E-state index contributed by atoms with van der Waals surface area (Å²) >= 11 is 1.41. The number of nitrogen functional groups attached to an aromatic ring is 1. The number of anilines is 1. The smallest absolute Gasteiger partial charge is 0.233 e. The summed E-state index contributed by atoms with van der Waals surface area (Å²) in [5.74, 6) is 1.14. The minimum absolute atomic E-state index is 0.507. The molecule has 3 aromatic rings. The zero-order valence-corrected chi connectivity index (χ0v) is 11.1. The zero-order valence-electron chi connectivity index (χ0n) is 10.3. The van der Waals surface area contributed by atoms with E-state index in [1.54, 1.807) is 0 Å². The van der Waals surface area contributed by atoms with Crippen LogP contribution in [-0.2, 0) is 6.42 Å². The number of hydrogen-bond acceptors (Lipinski definition) is 6. The molecule has 19 heavy (non-hydrogen) atoms. The number of thiazole rings is 1. The molecule has 0 unspecified atom stereocenters. The highest BCUT2D eigenvalue weighted by Crippen LogP contribution is 2.18. The highest BCUT2D eigenvalue weighted by Gasteiger charge is 2.10. The van der Waals surface area contributed by atoms with Crippen molar-refractivity contribution in [3.05, 3.63) is 46.8 Å². The van der Waals surface area contributed by atoms with Crippen molar-refractivity contribution >= 4 is 16.5 Å². The van der Waals surface area contributed by atoms with Crippen LogP contribution in [0.4, 0.5) is 5.13 Å². The maximum Gasteiger partial charge on any atom is 0.233 e. The van der Waals surface area contributed by atoms with Gasteiger partial charge in [0.05, 0.1) is 12.1 Å². The van der Waals surface area contributed by atoms with Gasteiger partial charge in [-0.25, -0.2) is 4.98 Å². The van der Waals surface area contributed by atoms with Crippen LogP contribution in [0.1, 0.15) is 17.1 Å². The molecular formula is C13H12N4OS. The first-order valence-electron chi connectivity index (χ1n) is 5.80. The molecule has 0 bridgehead atoms. The summed E-state index contributed by atoms with van der Waals surface area (Å²) in [6.45, 7) is 2.04. The summed E-state index contributed by atoms with van der Waals surface area (Å²) in [4.78, 5) is 8.53. The van der Waals surface area contributed by atoms with Gasteiger partial charge in [-0.3, -0.25) is 0 Å². The van der Waals surface area contributed by atoms with Gasteiger partial charge in [0.2, 0.25) is 11.7 Å². The van der Waals surface area contributed by atoms with Gasteiger partial charge >= 0.3 is 0 Å². The number of nitrogens with two attached hydrogens (primary N) is 1. The van der Waals surface area contributed by atoms with Gasteiger partial charge in [-0.2, -0.15) is 4.98 Å². The van der Waals surface area contributed by atoms with Crippen LogP contribution in [0.2, 0.25) is 0 Å². The standard InChI is InChI=1S/C13H12N4OS/c1-8-2-4-9(5-3-8)12-16-11(18-17-12)6-10-7-19-13(14)15-10/h2-5,7H,6H2,1H3,(H2,14,15). The molecule has 3 rings (SSSR count). The molecule has 0 aliphatic rings. The van der Waals surface area contributed by atoms with Crippen molar-refractivity contribution in [3.8, 4) is 11.4 Å². The molecule has 0 spiro atoms. The second kappa shape index (κ2) is 4.81. The number of rotatable bonds is 3. The Kier molecular flexibility index (Phi) is 3.00. The Bertz CT molecular complexity index is 687. The molecule has 0 saturated heterocycles. The minimum atomic E-state index is 0.507. The van der Waals surface area contributed by atoms with Crippen molar-refractivity contribution in [2.75, 3.05) is 5.73 Å². The van der Waals surface area contributed by atoms with Gasteiger partial charge in [-0.05, 0) is 6.92 Å². The quantitative estimate of drug-likeness (QED) is 0.793. The molecule has 2 N–H and O–H groups in total. The van der Waals surface area contributed by atoms with Gasteiger partial charge in [0.25, 0.3) is 0 Å². The number of aromatic nitrogens is 3. The average Bonchev–Trinajstić information content (AvgIpc) is 3.00. The Morgan fingerprint density at radius 1 is 1.21 bits per heavy atom. The lowest BCUT2D eigenvalue weighted by Gasteiger charge is -1.94. The van der Waals surface area contributed by atoms with Gasteiger partial charge in [-0.15, -0.1) is 11.3 Å². The average molecular weight is 272 g/mol. The van der Waals surface area contributed by atoms with Crippen molar-refractivity contribution in [2.24, 2.45) is 0 Å². The maximum atomic E-state index is 5.58. The fourth-order valence-corrected chi connectivity index (χ4v) is 2.27. The normalized spacial score (nSPS) is 10.8. The third-order valence-electron chi connectivity index (χ3n) is 2.68. The Balaban J connectivity index is 1.81. The van der Waals surface area contributed by atoms with Gasteiger partial charge < -0.3 is 10.3 Å². The van der Waals surface area contributed by atoms with E-state index in [2.05, 4.69) is 15.1 Å². The molecule has 0 fully saturated rings. The summed E-state index contributed by atoms with van der Waals surface area (Å²) < 4.78 is 5.23. The van der Waals surface area contributed by atoms with Gasteiger partial charge in [0.1, 0.15) is 0 Å². The van der Waals surface area contributed by atoms with Crippen LogP contribution in [0, 0.1) is 6.92 Å². The Hall–Kier alpha value is -2.21. The van der Waals surface area contributed by atoms with Crippen LogP contribution < -0.4 is 5.73 Å². The largest absolute Gasteiger partial charge is 0.375 e. The molecule has 0 aliphatic heterocycles. The van der Waals surface area contributed by atoms with Crippen molar-refractivity contribution in [3.63, 3.8) is 0 Å². The van der Waals surface area contributed by atoms with Crippen LogP contribution in [-0.4, -0.2) is 15.1 Å². The molecule has 2 heterocycles. The van der Waals surface area contributed by atoms with Gasteiger partial charge in [-0.1, -0.05) is 35.0 Å². The Labute approximate surface area is 114 Å². The Morgan fingerprint density at radius 2 is 2.00 bits per heavy atom. The highest BCUT2D eigenvalue weighted by molar-refractivity contribution is 7.13. The highest BCUT2D eigenvalue weighted by atomic mass is 32.1. The van der Waals surface area contributed by atoms with E-state index in [9.17, 15) is 0 Å². The first-order valence-corrected chi connectivity index (χ1v) is 6.68. The van der Waals surface area contributed by atoms with E-state index < -0.39 is 0 Å². The van der Waals surface area contributed by atoms with E-state index >= 15 is 0 Å². The zero-order chi connectivity index (χ0) is 13.2. The molecule has 0 amide bonds. The summed E-state index contributed by atoms with van der Waals surface area (Å²) in [6.07, 6.45) is 0.507. The van der Waals surface area contributed by atoms with E-state index in [0.717, 1.165) is 11.3 Å². The van der Waals surface area contributed by atoms with E-state index in [-0.39, 0.29) is 0 Å². The van der Waals surface area contributed by atoms with Crippen LogP contribution in [0.5, 0.6) is 0 Å². The number of hydrogen-bond donors (Lipinski definition) is 1. The van der Waals surface area contributed by atoms with E-state index in [1.165, 1.54) is 16.9 Å². The van der Waals surface area contributed by atoms with E-state index in [1.807, 2.05) is 36.6 Å². The lowest BCUT2D eigenvalue weighted by atomic mass is 10.1. The second-order valence-electron chi connectivity index (χ2n) is 4.23. The van der Waals surface area contributed by atoms with Crippen LogP contribution in [0.25, 0.3) is 11.4 Å². The molecule has 0 atom stereocenters. The van der Waals surface area contributed by atoms with Crippen LogP contribution >= 0.6 is 11.3 Å². The SMILES string of the molecule is Cc1ccc(-c2noc(Cc3csc(N)n3)n2)cc1. The molecule has 0 radical (unpaired) electrons. The lowest BCUT2D eigenvalue weighted by molar-refractivity contribution is 0.385. The summed E-state index contributed by atoms with van der Waals surface area (Å²) in [5, 5.41) is 6.42. The predicted octanol–water partition coefficient (Wildman–Crippen LogP) is 2.67. The molecule has 2 aromatic heterocycles. The second-order valence-corrected chi connectivity index (χ2v) is 5.12. The fraction of sp³-hybridized carbons (Fsp3) is 0.154. The van der Waals surface area contributed by atoms with Crippen LogP contribution in [0.3, 0.4) is 0 Å². The summed E-state index contributed by atoms with van der Waals surface area (Å²) in [5.41, 5.74) is 8.57.